The average molecular weight is 992 g/mol. The summed E-state index contributed by atoms with van der Waals surface area (Å²) in [5.41, 5.74) is 0. The first-order chi connectivity index (χ1) is 35.0. The van der Waals surface area contributed by atoms with Crippen LogP contribution in [-0.2, 0) is 28.6 Å². The van der Waals surface area contributed by atoms with E-state index in [-0.39, 0.29) is 31.1 Å². The lowest BCUT2D eigenvalue weighted by molar-refractivity contribution is -0.167. The highest BCUT2D eigenvalue weighted by Crippen LogP contribution is 2.16. The normalized spacial score (nSPS) is 12.5. The number of carbonyl (C=O) groups is 3. The number of allylic oxidation sites excluding steroid dienone is 12. The van der Waals surface area contributed by atoms with Crippen LogP contribution < -0.4 is 0 Å². The van der Waals surface area contributed by atoms with Crippen LogP contribution in [0.25, 0.3) is 0 Å². The van der Waals surface area contributed by atoms with Crippen molar-refractivity contribution in [3.63, 3.8) is 0 Å². The zero-order valence-corrected chi connectivity index (χ0v) is 47.0. The third-order valence-electron chi connectivity index (χ3n) is 13.2. The minimum atomic E-state index is -0.793. The maximum Gasteiger partial charge on any atom is 0.306 e. The van der Waals surface area contributed by atoms with Gasteiger partial charge in [0, 0.05) is 19.3 Å². The average Bonchev–Trinajstić information content (AvgIpc) is 3.37. The maximum absolute atomic E-state index is 12.9. The van der Waals surface area contributed by atoms with E-state index in [0.717, 1.165) is 89.9 Å². The first-order valence-electron chi connectivity index (χ1n) is 30.4. The molecule has 1 atom stereocenters. The van der Waals surface area contributed by atoms with Crippen molar-refractivity contribution >= 4 is 17.9 Å². The molecule has 0 radical (unpaired) electrons. The maximum atomic E-state index is 12.9. The van der Waals surface area contributed by atoms with Gasteiger partial charge in [0.05, 0.1) is 0 Å². The number of unbranched alkanes of at least 4 members (excludes halogenated alkanes) is 32. The van der Waals surface area contributed by atoms with Gasteiger partial charge in [0.1, 0.15) is 13.2 Å². The zero-order valence-electron chi connectivity index (χ0n) is 47.0. The van der Waals surface area contributed by atoms with Crippen molar-refractivity contribution in [3.8, 4) is 0 Å². The minimum absolute atomic E-state index is 0.0871. The Morgan fingerprint density at radius 1 is 0.282 bits per heavy atom. The Hall–Kier alpha value is -3.15. The van der Waals surface area contributed by atoms with Crippen LogP contribution in [-0.4, -0.2) is 37.2 Å². The summed E-state index contributed by atoms with van der Waals surface area (Å²) < 4.78 is 16.9. The molecule has 0 aliphatic rings. The molecule has 0 aromatic carbocycles. The van der Waals surface area contributed by atoms with Crippen LogP contribution in [0.5, 0.6) is 0 Å². The van der Waals surface area contributed by atoms with E-state index in [4.69, 9.17) is 14.2 Å². The fourth-order valence-electron chi connectivity index (χ4n) is 8.57. The quantitative estimate of drug-likeness (QED) is 0.0261. The molecule has 410 valence electrons. The van der Waals surface area contributed by atoms with E-state index in [1.807, 2.05) is 0 Å². The highest BCUT2D eigenvalue weighted by atomic mass is 16.6. The van der Waals surface area contributed by atoms with Gasteiger partial charge in [-0.1, -0.05) is 261 Å². The highest BCUT2D eigenvalue weighted by molar-refractivity contribution is 5.71. The topological polar surface area (TPSA) is 78.9 Å². The van der Waals surface area contributed by atoms with Gasteiger partial charge in [0.15, 0.2) is 6.10 Å². The van der Waals surface area contributed by atoms with E-state index in [2.05, 4.69) is 93.7 Å². The molecule has 0 aliphatic heterocycles. The second-order valence-electron chi connectivity index (χ2n) is 20.3. The summed E-state index contributed by atoms with van der Waals surface area (Å²) in [5, 5.41) is 0. The van der Waals surface area contributed by atoms with Crippen molar-refractivity contribution in [3.05, 3.63) is 72.9 Å². The molecule has 0 heterocycles. The van der Waals surface area contributed by atoms with Gasteiger partial charge in [0.2, 0.25) is 0 Å². The Morgan fingerprint density at radius 3 is 0.831 bits per heavy atom. The van der Waals surface area contributed by atoms with Gasteiger partial charge in [0.25, 0.3) is 0 Å². The SMILES string of the molecule is CCCCC/C=C\C/C=C\C/C=C\C/C=C\CCCCCC(=O)O[C@H](COC(=O)CCCCCCCCCCC/C=C\C/C=C\CCCCC)COC(=O)CCCCCCCCCCCCCCCCC. The van der Waals surface area contributed by atoms with Crippen molar-refractivity contribution < 1.29 is 28.6 Å². The predicted molar refractivity (Wildman–Crippen MR) is 307 cm³/mol. The summed E-state index contributed by atoms with van der Waals surface area (Å²) in [4.78, 5) is 38.2. The van der Waals surface area contributed by atoms with Crippen molar-refractivity contribution in [1.29, 1.82) is 0 Å². The van der Waals surface area contributed by atoms with Gasteiger partial charge in [-0.05, 0) is 96.3 Å². The summed E-state index contributed by atoms with van der Waals surface area (Å²) in [7, 11) is 0. The lowest BCUT2D eigenvalue weighted by atomic mass is 10.0. The van der Waals surface area contributed by atoms with Crippen LogP contribution in [0, 0.1) is 0 Å². The molecule has 0 spiro atoms. The van der Waals surface area contributed by atoms with Crippen LogP contribution >= 0.6 is 0 Å². The molecule has 0 rings (SSSR count). The molecule has 0 amide bonds. The van der Waals surface area contributed by atoms with Crippen molar-refractivity contribution in [1.82, 2.24) is 0 Å². The fraction of sp³-hybridized carbons (Fsp3) is 0.769. The minimum Gasteiger partial charge on any atom is -0.462 e. The van der Waals surface area contributed by atoms with E-state index < -0.39 is 6.10 Å². The fourth-order valence-corrected chi connectivity index (χ4v) is 8.57. The molecule has 0 aromatic heterocycles. The second-order valence-corrected chi connectivity index (χ2v) is 20.3. The molecule has 6 nitrogen and oxygen atoms in total. The van der Waals surface area contributed by atoms with Gasteiger partial charge >= 0.3 is 17.9 Å². The van der Waals surface area contributed by atoms with Gasteiger partial charge in [-0.15, -0.1) is 0 Å². The van der Waals surface area contributed by atoms with E-state index in [1.165, 1.54) is 173 Å². The van der Waals surface area contributed by atoms with Crippen molar-refractivity contribution in [2.45, 2.75) is 309 Å². The van der Waals surface area contributed by atoms with Crippen LogP contribution in [0.2, 0.25) is 0 Å². The molecular weight excluding hydrogens is 877 g/mol. The zero-order chi connectivity index (χ0) is 51.4. The lowest BCUT2D eigenvalue weighted by Crippen LogP contribution is -2.30. The number of esters is 3. The number of carbonyl (C=O) groups excluding carboxylic acids is 3. The standard InChI is InChI=1S/C65H114O6/c1-4-7-10-13-16-19-22-25-28-30-32-34-37-40-43-46-49-52-55-58-64(67)70-61-62(60-69-63(66)57-54-51-48-45-42-39-36-27-24-21-18-15-12-9-6-3)71-65(68)59-56-53-50-47-44-41-38-35-33-31-29-26-23-20-17-14-11-8-5-2/h16-17,19-20,25-26,28-29,33,35,41,44,62H,4-15,18,21-24,27,30-32,34,36-40,42-43,45-61H2,1-3H3/b19-16-,20-17-,28-25-,29-26-,35-33-,44-41-/t62-/m0/s1. The van der Waals surface area contributed by atoms with Crippen LogP contribution in [0.15, 0.2) is 72.9 Å². The van der Waals surface area contributed by atoms with E-state index in [1.54, 1.807) is 0 Å². The van der Waals surface area contributed by atoms with Crippen LogP contribution in [0.4, 0.5) is 0 Å². The summed E-state index contributed by atoms with van der Waals surface area (Å²) in [5.74, 6) is -0.910. The molecule has 0 N–H and O–H groups in total. The van der Waals surface area contributed by atoms with Gasteiger partial charge in [-0.2, -0.15) is 0 Å². The summed E-state index contributed by atoms with van der Waals surface area (Å²) >= 11 is 0. The Balaban J connectivity index is 4.43. The molecule has 71 heavy (non-hydrogen) atoms. The number of hydrogen-bond donors (Lipinski definition) is 0. The van der Waals surface area contributed by atoms with E-state index >= 15 is 0 Å². The molecule has 0 aromatic rings. The monoisotopic (exact) mass is 991 g/mol. The van der Waals surface area contributed by atoms with Gasteiger partial charge < -0.3 is 14.2 Å². The molecule has 0 aliphatic carbocycles. The van der Waals surface area contributed by atoms with Gasteiger partial charge in [-0.25, -0.2) is 0 Å². The first-order valence-corrected chi connectivity index (χ1v) is 30.4. The Morgan fingerprint density at radius 2 is 0.507 bits per heavy atom. The molecule has 0 bridgehead atoms. The van der Waals surface area contributed by atoms with Gasteiger partial charge in [-0.3, -0.25) is 14.4 Å². The van der Waals surface area contributed by atoms with Crippen molar-refractivity contribution in [2.75, 3.05) is 13.2 Å². The molecule has 0 unspecified atom stereocenters. The third-order valence-corrected chi connectivity index (χ3v) is 13.2. The third kappa shape index (κ3) is 57.6. The summed E-state index contributed by atoms with van der Waals surface area (Å²) in [6, 6.07) is 0. The number of rotatable bonds is 55. The van der Waals surface area contributed by atoms with Crippen molar-refractivity contribution in [2.24, 2.45) is 0 Å². The summed E-state index contributed by atoms with van der Waals surface area (Å²) in [6.45, 7) is 6.59. The second kappa shape index (κ2) is 59.4. The summed E-state index contributed by atoms with van der Waals surface area (Å²) in [6.07, 6.45) is 76.0. The predicted octanol–water partition coefficient (Wildman–Crippen LogP) is 20.5. The largest absolute Gasteiger partial charge is 0.462 e. The molecule has 0 saturated heterocycles. The molecule has 0 fully saturated rings. The van der Waals surface area contributed by atoms with E-state index in [0.29, 0.717) is 19.3 Å². The van der Waals surface area contributed by atoms with Crippen LogP contribution in [0.3, 0.4) is 0 Å². The van der Waals surface area contributed by atoms with Crippen LogP contribution in [0.1, 0.15) is 303 Å². The van der Waals surface area contributed by atoms with E-state index in [9.17, 15) is 14.4 Å². The lowest BCUT2D eigenvalue weighted by Gasteiger charge is -2.18. The first kappa shape index (κ1) is 67.8. The number of ether oxygens (including phenoxy) is 3. The highest BCUT2D eigenvalue weighted by Gasteiger charge is 2.19. The Labute approximate surface area is 440 Å². The Bertz CT molecular complexity index is 1320. The molecule has 6 heteroatoms. The Kier molecular flexibility index (Phi) is 56.8. The smallest absolute Gasteiger partial charge is 0.306 e. The molecule has 0 saturated carbocycles. The number of hydrogen-bond acceptors (Lipinski definition) is 6. The molecular formula is C65H114O6.